The minimum absolute atomic E-state index is 0.0653. The largest absolute Gasteiger partial charge is 0.478 e. The first-order chi connectivity index (χ1) is 8.42. The summed E-state index contributed by atoms with van der Waals surface area (Å²) in [5, 5.41) is 4.08. The highest BCUT2D eigenvalue weighted by atomic mass is 35.5. The fourth-order valence-electron chi connectivity index (χ4n) is 1.35. The van der Waals surface area contributed by atoms with E-state index < -0.39 is 0 Å². The Hall–Kier alpha value is -0.800. The summed E-state index contributed by atoms with van der Waals surface area (Å²) < 4.78 is 5.58. The van der Waals surface area contributed by atoms with Crippen LogP contribution in [0.5, 0.6) is 5.88 Å². The van der Waals surface area contributed by atoms with Gasteiger partial charge in [-0.1, -0.05) is 24.9 Å². The van der Waals surface area contributed by atoms with Crippen molar-refractivity contribution in [3.05, 3.63) is 22.8 Å². The van der Waals surface area contributed by atoms with Crippen LogP contribution in [0.1, 0.15) is 46.1 Å². The van der Waals surface area contributed by atoms with E-state index >= 15 is 0 Å². The molecule has 1 N–H and O–H groups in total. The van der Waals surface area contributed by atoms with Crippen LogP contribution in [-0.2, 0) is 6.54 Å². The third kappa shape index (κ3) is 5.69. The zero-order valence-corrected chi connectivity index (χ0v) is 12.5. The van der Waals surface area contributed by atoms with E-state index in [4.69, 9.17) is 16.3 Å². The zero-order valence-electron chi connectivity index (χ0n) is 11.7. The molecular weight excluding hydrogens is 248 g/mol. The second kappa shape index (κ2) is 6.95. The van der Waals surface area contributed by atoms with Crippen molar-refractivity contribution in [2.24, 2.45) is 0 Å². The van der Waals surface area contributed by atoms with Crippen LogP contribution in [0.4, 0.5) is 0 Å². The van der Waals surface area contributed by atoms with Crippen LogP contribution in [-0.4, -0.2) is 17.1 Å². The molecule has 0 unspecified atom stereocenters. The van der Waals surface area contributed by atoms with Gasteiger partial charge in [0.25, 0.3) is 0 Å². The molecule has 1 rings (SSSR count). The zero-order chi connectivity index (χ0) is 13.6. The Labute approximate surface area is 115 Å². The Morgan fingerprint density at radius 1 is 1.39 bits per heavy atom. The van der Waals surface area contributed by atoms with Crippen LogP contribution in [0, 0.1) is 0 Å². The molecule has 1 heterocycles. The highest BCUT2D eigenvalue weighted by Crippen LogP contribution is 2.20. The van der Waals surface area contributed by atoms with Crippen LogP contribution >= 0.6 is 11.6 Å². The number of rotatable bonds is 6. The van der Waals surface area contributed by atoms with Crippen LogP contribution < -0.4 is 10.1 Å². The van der Waals surface area contributed by atoms with Crippen molar-refractivity contribution in [1.82, 2.24) is 10.3 Å². The smallest absolute Gasteiger partial charge is 0.213 e. The van der Waals surface area contributed by atoms with Crippen molar-refractivity contribution in [1.29, 1.82) is 0 Å². The van der Waals surface area contributed by atoms with Gasteiger partial charge in [-0.2, -0.15) is 0 Å². The number of nitrogens with zero attached hydrogens (tertiary/aromatic N) is 1. The van der Waals surface area contributed by atoms with Crippen molar-refractivity contribution in [2.45, 2.75) is 52.6 Å². The summed E-state index contributed by atoms with van der Waals surface area (Å²) in [5.41, 5.74) is 1.09. The van der Waals surface area contributed by atoms with Gasteiger partial charge in [0.1, 0.15) is 0 Å². The van der Waals surface area contributed by atoms with E-state index in [9.17, 15) is 0 Å². The van der Waals surface area contributed by atoms with Gasteiger partial charge in [-0.05, 0) is 32.8 Å². The monoisotopic (exact) mass is 270 g/mol. The third-order valence-electron chi connectivity index (χ3n) is 2.47. The van der Waals surface area contributed by atoms with Crippen molar-refractivity contribution < 1.29 is 4.74 Å². The molecule has 0 aromatic carbocycles. The van der Waals surface area contributed by atoms with Crippen LogP contribution in [0.2, 0.25) is 5.02 Å². The number of aromatic nitrogens is 1. The summed E-state index contributed by atoms with van der Waals surface area (Å²) in [6.07, 6.45) is 3.81. The van der Waals surface area contributed by atoms with Gasteiger partial charge in [-0.15, -0.1) is 0 Å². The lowest BCUT2D eigenvalue weighted by molar-refractivity contribution is 0.297. The van der Waals surface area contributed by atoms with Crippen LogP contribution in [0.15, 0.2) is 12.3 Å². The summed E-state index contributed by atoms with van der Waals surface area (Å²) in [5.74, 6) is 0.651. The maximum Gasteiger partial charge on any atom is 0.213 e. The highest BCUT2D eigenvalue weighted by molar-refractivity contribution is 6.31. The van der Waals surface area contributed by atoms with Gasteiger partial charge in [0, 0.05) is 24.3 Å². The highest BCUT2D eigenvalue weighted by Gasteiger charge is 2.11. The maximum atomic E-state index is 6.13. The molecule has 0 aliphatic heterocycles. The predicted octanol–water partition coefficient (Wildman–Crippen LogP) is 3.80. The molecule has 0 fully saturated rings. The Balaban J connectivity index is 2.63. The quantitative estimate of drug-likeness (QED) is 0.799. The van der Waals surface area contributed by atoms with Gasteiger partial charge < -0.3 is 10.1 Å². The van der Waals surface area contributed by atoms with Crippen molar-refractivity contribution >= 4 is 11.6 Å². The summed E-state index contributed by atoms with van der Waals surface area (Å²) in [7, 11) is 0. The van der Waals surface area contributed by atoms with Crippen molar-refractivity contribution in [3.63, 3.8) is 0 Å². The predicted molar refractivity (Wildman–Crippen MR) is 76.2 cm³/mol. The normalized spacial score (nSPS) is 11.6. The molecule has 0 radical (unpaired) electrons. The third-order valence-corrected chi connectivity index (χ3v) is 2.81. The van der Waals surface area contributed by atoms with Gasteiger partial charge in [0.2, 0.25) is 5.88 Å². The Morgan fingerprint density at radius 2 is 2.11 bits per heavy atom. The first-order valence-corrected chi connectivity index (χ1v) is 6.82. The minimum atomic E-state index is 0.0653. The molecule has 1 aromatic heterocycles. The van der Waals surface area contributed by atoms with Crippen molar-refractivity contribution in [2.75, 3.05) is 6.61 Å². The van der Waals surface area contributed by atoms with Crippen LogP contribution in [0.25, 0.3) is 0 Å². The lowest BCUT2D eigenvalue weighted by Gasteiger charge is -2.21. The summed E-state index contributed by atoms with van der Waals surface area (Å²) >= 11 is 6.13. The number of ether oxygens (including phenoxy) is 1. The van der Waals surface area contributed by atoms with Gasteiger partial charge in [-0.3, -0.25) is 0 Å². The summed E-state index contributed by atoms with van der Waals surface area (Å²) in [6, 6.07) is 1.91. The van der Waals surface area contributed by atoms with E-state index in [1.165, 1.54) is 0 Å². The number of pyridine rings is 1. The molecule has 0 aliphatic rings. The van der Waals surface area contributed by atoms with Gasteiger partial charge in [-0.25, -0.2) is 4.98 Å². The molecule has 0 atom stereocenters. The molecule has 0 bridgehead atoms. The maximum absolute atomic E-state index is 6.13. The lowest BCUT2D eigenvalue weighted by atomic mass is 10.1. The number of hydrogen-bond donors (Lipinski definition) is 1. The molecule has 0 spiro atoms. The van der Waals surface area contributed by atoms with Crippen molar-refractivity contribution in [3.8, 4) is 5.88 Å². The second-order valence-corrected chi connectivity index (χ2v) is 5.83. The number of unbranched alkanes of at least 4 members (excludes halogenated alkanes) is 1. The first kappa shape index (κ1) is 15.3. The fourth-order valence-corrected chi connectivity index (χ4v) is 1.52. The SMILES string of the molecule is CCCCOc1cc(CNC(C)(C)C)c(Cl)cn1. The molecule has 0 saturated heterocycles. The van der Waals surface area contributed by atoms with Gasteiger partial charge >= 0.3 is 0 Å². The van der Waals surface area contributed by atoms with E-state index in [0.29, 0.717) is 17.5 Å². The second-order valence-electron chi connectivity index (χ2n) is 5.42. The first-order valence-electron chi connectivity index (χ1n) is 6.44. The summed E-state index contributed by atoms with van der Waals surface area (Å²) in [4.78, 5) is 4.17. The Morgan fingerprint density at radius 3 is 2.72 bits per heavy atom. The van der Waals surface area contributed by atoms with E-state index in [1.54, 1.807) is 6.20 Å². The molecule has 0 saturated carbocycles. The van der Waals surface area contributed by atoms with Gasteiger partial charge in [0.05, 0.1) is 11.6 Å². The average molecular weight is 271 g/mol. The molecule has 3 nitrogen and oxygen atoms in total. The average Bonchev–Trinajstić information content (AvgIpc) is 2.29. The van der Waals surface area contributed by atoms with E-state index in [-0.39, 0.29) is 5.54 Å². The van der Waals surface area contributed by atoms with E-state index in [0.717, 1.165) is 24.9 Å². The Bertz CT molecular complexity index is 375. The van der Waals surface area contributed by atoms with Crippen LogP contribution in [0.3, 0.4) is 0 Å². The molecule has 0 amide bonds. The topological polar surface area (TPSA) is 34.1 Å². The number of nitrogens with one attached hydrogen (secondary N) is 1. The van der Waals surface area contributed by atoms with E-state index in [1.807, 2.05) is 6.07 Å². The van der Waals surface area contributed by atoms with Gasteiger partial charge in [0.15, 0.2) is 0 Å². The number of halogens is 1. The minimum Gasteiger partial charge on any atom is -0.478 e. The molecule has 18 heavy (non-hydrogen) atoms. The number of hydrogen-bond acceptors (Lipinski definition) is 3. The fraction of sp³-hybridized carbons (Fsp3) is 0.643. The van der Waals surface area contributed by atoms with E-state index in [2.05, 4.69) is 38.0 Å². The summed E-state index contributed by atoms with van der Waals surface area (Å²) in [6.45, 7) is 9.94. The molecule has 4 heteroatoms. The molecular formula is C14H23ClN2O. The molecule has 0 aliphatic carbocycles. The molecule has 1 aromatic rings. The standard InChI is InChI=1S/C14H23ClN2O/c1-5-6-7-18-13-8-11(12(15)10-16-13)9-17-14(2,3)4/h8,10,17H,5-7,9H2,1-4H3. The Kier molecular flexibility index (Phi) is 5.89. The lowest BCUT2D eigenvalue weighted by Crippen LogP contribution is -2.35. The molecule has 102 valence electrons.